The lowest BCUT2D eigenvalue weighted by Crippen LogP contribution is -2.18. The number of fused-ring (bicyclic) bond motifs is 1. The normalized spacial score (nSPS) is 10.9. The van der Waals surface area contributed by atoms with Gasteiger partial charge in [0.2, 0.25) is 11.7 Å². The molecule has 2 aromatic heterocycles. The average molecular weight is 492 g/mol. The second-order valence-electron chi connectivity index (χ2n) is 7.80. The van der Waals surface area contributed by atoms with Crippen molar-refractivity contribution in [2.75, 3.05) is 23.4 Å². The third-order valence-electron chi connectivity index (χ3n) is 5.33. The number of nitrogens with one attached hydrogen (secondary N) is 1. The largest absolute Gasteiger partial charge is 0.457 e. The van der Waals surface area contributed by atoms with Gasteiger partial charge in [-0.2, -0.15) is 0 Å². The van der Waals surface area contributed by atoms with Gasteiger partial charge in [-0.25, -0.2) is 0 Å². The Morgan fingerprint density at radius 2 is 1.80 bits per heavy atom. The first-order chi connectivity index (χ1) is 17.0. The first kappa shape index (κ1) is 24.3. The van der Waals surface area contributed by atoms with E-state index in [1.54, 1.807) is 13.0 Å². The monoisotopic (exact) mass is 491 g/mol. The van der Waals surface area contributed by atoms with Crippen molar-refractivity contribution in [2.24, 2.45) is 0 Å². The van der Waals surface area contributed by atoms with Crippen LogP contribution in [0, 0.1) is 6.92 Å². The summed E-state index contributed by atoms with van der Waals surface area (Å²) in [4.78, 5) is 37.5. The lowest BCUT2D eigenvalue weighted by atomic mass is 10.0. The van der Waals surface area contributed by atoms with Crippen LogP contribution in [0.1, 0.15) is 23.0 Å². The van der Waals surface area contributed by atoms with Gasteiger partial charge >= 0.3 is 5.97 Å². The van der Waals surface area contributed by atoms with E-state index in [4.69, 9.17) is 9.26 Å². The number of rotatable bonds is 10. The molecule has 9 heteroatoms. The highest BCUT2D eigenvalue weighted by atomic mass is 32.2. The fourth-order valence-electron chi connectivity index (χ4n) is 3.90. The summed E-state index contributed by atoms with van der Waals surface area (Å²) in [6, 6.07) is 19.0. The number of benzene rings is 2. The van der Waals surface area contributed by atoms with E-state index in [1.807, 2.05) is 61.5 Å². The summed E-state index contributed by atoms with van der Waals surface area (Å²) in [6.07, 6.45) is 0. The number of para-hydroxylation sites is 1. The molecule has 2 heterocycles. The summed E-state index contributed by atoms with van der Waals surface area (Å²) in [5.41, 5.74) is 3.22. The zero-order valence-electron chi connectivity index (χ0n) is 19.4. The van der Waals surface area contributed by atoms with E-state index in [2.05, 4.69) is 15.0 Å². The lowest BCUT2D eigenvalue weighted by Gasteiger charge is -2.10. The van der Waals surface area contributed by atoms with Gasteiger partial charge in [-0.1, -0.05) is 53.7 Å². The van der Waals surface area contributed by atoms with Gasteiger partial charge in [0.05, 0.1) is 22.8 Å². The number of nitrogens with zero attached hydrogens (tertiary/aromatic N) is 2. The van der Waals surface area contributed by atoms with E-state index < -0.39 is 5.97 Å². The number of amides is 1. The molecule has 0 aliphatic heterocycles. The molecule has 0 aliphatic rings. The number of carbonyl (C=O) groups excluding carboxylic acids is 3. The van der Waals surface area contributed by atoms with Crippen molar-refractivity contribution in [1.82, 2.24) is 9.72 Å². The number of aromatic nitrogens is 2. The molecule has 0 spiro atoms. The lowest BCUT2D eigenvalue weighted by molar-refractivity contribution is -0.139. The molecule has 0 saturated carbocycles. The van der Waals surface area contributed by atoms with E-state index >= 15 is 0 Å². The summed E-state index contributed by atoms with van der Waals surface area (Å²) < 4.78 is 12.3. The molecule has 4 aromatic rings. The Kier molecular flexibility index (Phi) is 7.67. The topological polar surface area (TPSA) is 103 Å². The zero-order chi connectivity index (χ0) is 24.8. The van der Waals surface area contributed by atoms with E-state index in [0.717, 1.165) is 33.9 Å². The highest BCUT2D eigenvalue weighted by molar-refractivity contribution is 8.00. The maximum atomic E-state index is 13.3. The summed E-state index contributed by atoms with van der Waals surface area (Å²) >= 11 is 1.09. The van der Waals surface area contributed by atoms with Crippen LogP contribution in [0.15, 0.2) is 65.2 Å². The van der Waals surface area contributed by atoms with Gasteiger partial charge in [0.15, 0.2) is 12.4 Å². The Bertz CT molecular complexity index is 1360. The first-order valence-electron chi connectivity index (χ1n) is 11.1. The van der Waals surface area contributed by atoms with E-state index in [0.29, 0.717) is 23.7 Å². The van der Waals surface area contributed by atoms with Crippen molar-refractivity contribution in [1.29, 1.82) is 0 Å². The Labute approximate surface area is 206 Å². The van der Waals surface area contributed by atoms with Gasteiger partial charge in [0.1, 0.15) is 5.76 Å². The van der Waals surface area contributed by atoms with Crippen LogP contribution >= 0.6 is 11.8 Å². The molecule has 0 aliphatic carbocycles. The number of esters is 1. The smallest absolute Gasteiger partial charge is 0.316 e. The SMILES string of the molecule is CCn1c(-c2ccccc2)c(C(=O)COC(=O)CSCC(=O)Nc2cc(C)on2)c2ccccc21. The van der Waals surface area contributed by atoms with Crippen molar-refractivity contribution in [3.8, 4) is 11.3 Å². The van der Waals surface area contributed by atoms with Gasteiger partial charge < -0.3 is 19.1 Å². The summed E-state index contributed by atoms with van der Waals surface area (Å²) in [5.74, 6) is -0.260. The molecule has 0 atom stereocenters. The van der Waals surface area contributed by atoms with Crippen LogP contribution in [-0.2, 0) is 20.9 Å². The standard InChI is InChI=1S/C26H25N3O5S/c1-3-29-20-12-8-7-11-19(20)25(26(29)18-9-5-4-6-10-18)21(30)14-33-24(32)16-35-15-23(31)27-22-13-17(2)34-28-22/h4-13H,3,14-16H2,1-2H3,(H,27,28,31). The predicted molar refractivity (Wildman–Crippen MR) is 136 cm³/mol. The molecule has 0 saturated heterocycles. The maximum Gasteiger partial charge on any atom is 0.316 e. The molecule has 1 N–H and O–H groups in total. The zero-order valence-corrected chi connectivity index (χ0v) is 20.3. The molecule has 0 radical (unpaired) electrons. The van der Waals surface area contributed by atoms with Gasteiger partial charge in [-0.3, -0.25) is 14.4 Å². The minimum absolute atomic E-state index is 0.0388. The summed E-state index contributed by atoms with van der Waals surface area (Å²) in [5, 5.41) is 7.09. The molecule has 1 amide bonds. The quantitative estimate of drug-likeness (QED) is 0.253. The molecule has 35 heavy (non-hydrogen) atoms. The number of ether oxygens (including phenoxy) is 1. The highest BCUT2D eigenvalue weighted by Crippen LogP contribution is 2.34. The van der Waals surface area contributed by atoms with E-state index in [9.17, 15) is 14.4 Å². The van der Waals surface area contributed by atoms with Gasteiger partial charge in [-0.05, 0) is 25.5 Å². The third-order valence-corrected chi connectivity index (χ3v) is 6.23. The fourth-order valence-corrected chi connectivity index (χ4v) is 4.51. The second kappa shape index (κ2) is 11.1. The third kappa shape index (κ3) is 5.63. The fraction of sp³-hybridized carbons (Fsp3) is 0.231. The minimum Gasteiger partial charge on any atom is -0.457 e. The average Bonchev–Trinajstić information content (AvgIpc) is 3.43. The number of hydrogen-bond acceptors (Lipinski definition) is 7. The molecular formula is C26H25N3O5S. The minimum atomic E-state index is -0.561. The first-order valence-corrected chi connectivity index (χ1v) is 12.3. The van der Waals surface area contributed by atoms with Crippen molar-refractivity contribution >= 4 is 46.1 Å². The Hall–Kier alpha value is -3.85. The van der Waals surface area contributed by atoms with Crippen molar-refractivity contribution < 1.29 is 23.6 Å². The van der Waals surface area contributed by atoms with Crippen LogP contribution in [0.3, 0.4) is 0 Å². The molecule has 180 valence electrons. The number of carbonyl (C=O) groups is 3. The highest BCUT2D eigenvalue weighted by Gasteiger charge is 2.24. The molecular weight excluding hydrogens is 466 g/mol. The second-order valence-corrected chi connectivity index (χ2v) is 8.78. The Morgan fingerprint density at radius 1 is 1.06 bits per heavy atom. The molecule has 0 fully saturated rings. The van der Waals surface area contributed by atoms with Crippen LogP contribution in [0.5, 0.6) is 0 Å². The molecule has 4 rings (SSSR count). The molecule has 0 unspecified atom stereocenters. The van der Waals surface area contributed by atoms with Crippen LogP contribution < -0.4 is 5.32 Å². The number of anilines is 1. The van der Waals surface area contributed by atoms with Crippen molar-refractivity contribution in [2.45, 2.75) is 20.4 Å². The maximum absolute atomic E-state index is 13.3. The number of hydrogen-bond donors (Lipinski definition) is 1. The van der Waals surface area contributed by atoms with Crippen molar-refractivity contribution in [3.05, 3.63) is 72.0 Å². The predicted octanol–water partition coefficient (Wildman–Crippen LogP) is 4.72. The van der Waals surface area contributed by atoms with Gasteiger partial charge in [0.25, 0.3) is 0 Å². The van der Waals surface area contributed by atoms with Crippen molar-refractivity contribution in [3.63, 3.8) is 0 Å². The Balaban J connectivity index is 1.41. The Morgan fingerprint density at radius 3 is 2.51 bits per heavy atom. The van der Waals surface area contributed by atoms with Gasteiger partial charge in [-0.15, -0.1) is 11.8 Å². The molecule has 0 bridgehead atoms. The summed E-state index contributed by atoms with van der Waals surface area (Å²) in [6.45, 7) is 4.06. The number of thioether (sulfide) groups is 1. The van der Waals surface area contributed by atoms with Crippen LogP contribution in [0.2, 0.25) is 0 Å². The van der Waals surface area contributed by atoms with Gasteiger partial charge in [0, 0.05) is 23.5 Å². The van der Waals surface area contributed by atoms with Crippen LogP contribution in [0.4, 0.5) is 5.82 Å². The van der Waals surface area contributed by atoms with Crippen LogP contribution in [0.25, 0.3) is 22.2 Å². The number of aryl methyl sites for hydroxylation is 2. The van der Waals surface area contributed by atoms with Crippen LogP contribution in [-0.4, -0.2) is 45.5 Å². The number of Topliss-reactive ketones (excluding diaryl/α,β-unsaturated/α-hetero) is 1. The summed E-state index contributed by atoms with van der Waals surface area (Å²) in [7, 11) is 0. The van der Waals surface area contributed by atoms with E-state index in [-0.39, 0.29) is 29.8 Å². The molecule has 8 nitrogen and oxygen atoms in total. The number of ketones is 1. The molecule has 2 aromatic carbocycles. The van der Waals surface area contributed by atoms with E-state index in [1.165, 1.54) is 0 Å².